The first-order valence-electron chi connectivity index (χ1n) is 7.22. The van der Waals surface area contributed by atoms with Crippen molar-refractivity contribution in [3.05, 3.63) is 58.0 Å². The van der Waals surface area contributed by atoms with Crippen LogP contribution < -0.4 is 15.8 Å². The predicted molar refractivity (Wildman–Crippen MR) is 91.6 cm³/mol. The molecule has 0 fully saturated rings. The van der Waals surface area contributed by atoms with Crippen molar-refractivity contribution in [1.29, 1.82) is 0 Å². The van der Waals surface area contributed by atoms with E-state index in [9.17, 15) is 9.59 Å². The van der Waals surface area contributed by atoms with E-state index in [2.05, 4.69) is 10.3 Å². The average Bonchev–Trinajstić information content (AvgIpc) is 2.88. The van der Waals surface area contributed by atoms with Crippen molar-refractivity contribution in [2.45, 2.75) is 19.4 Å². The quantitative estimate of drug-likeness (QED) is 0.756. The zero-order chi connectivity index (χ0) is 17.3. The highest BCUT2D eigenvalue weighted by Gasteiger charge is 2.30. The molecule has 0 aliphatic heterocycles. The van der Waals surface area contributed by atoms with Gasteiger partial charge in [0, 0.05) is 10.7 Å². The number of carbonyl (C=O) groups excluding carboxylic acids is 1. The molecular formula is C17H15ClN2O4. The molecule has 0 unspecified atom stereocenters. The van der Waals surface area contributed by atoms with Gasteiger partial charge in [-0.05, 0) is 56.3 Å². The van der Waals surface area contributed by atoms with Crippen LogP contribution in [0.2, 0.25) is 5.02 Å². The van der Waals surface area contributed by atoms with Crippen LogP contribution in [0.15, 0.2) is 51.7 Å². The fourth-order valence-electron chi connectivity index (χ4n) is 2.15. The van der Waals surface area contributed by atoms with E-state index in [1.54, 1.807) is 56.3 Å². The molecule has 124 valence electrons. The highest BCUT2D eigenvalue weighted by Crippen LogP contribution is 2.23. The van der Waals surface area contributed by atoms with Gasteiger partial charge in [0.2, 0.25) is 0 Å². The summed E-state index contributed by atoms with van der Waals surface area (Å²) in [6.07, 6.45) is 0. The smallest absolute Gasteiger partial charge is 0.417 e. The standard InChI is InChI=1S/C17H15ClN2O4/c1-17(2,24-12-6-3-10(18)4-7-12)15(21)19-11-5-8-14-13(9-11)20-16(22)23-14/h3-9H,1-2H3,(H,19,21)(H,20,22). The van der Waals surface area contributed by atoms with Gasteiger partial charge in [-0.3, -0.25) is 9.78 Å². The molecule has 1 amide bonds. The Kier molecular flexibility index (Phi) is 4.07. The lowest BCUT2D eigenvalue weighted by Gasteiger charge is -2.25. The van der Waals surface area contributed by atoms with Crippen LogP contribution in [0.25, 0.3) is 11.1 Å². The predicted octanol–water partition coefficient (Wildman–Crippen LogP) is 3.57. The number of oxazole rings is 1. The maximum Gasteiger partial charge on any atom is 0.417 e. The molecule has 0 aliphatic rings. The highest BCUT2D eigenvalue weighted by molar-refractivity contribution is 6.30. The maximum absolute atomic E-state index is 12.5. The summed E-state index contributed by atoms with van der Waals surface area (Å²) in [4.78, 5) is 26.2. The Morgan fingerprint density at radius 1 is 1.21 bits per heavy atom. The second kappa shape index (κ2) is 6.05. The molecule has 7 heteroatoms. The summed E-state index contributed by atoms with van der Waals surface area (Å²) in [5.41, 5.74) is 0.355. The lowest BCUT2D eigenvalue weighted by atomic mass is 10.1. The van der Waals surface area contributed by atoms with Crippen LogP contribution in [0.4, 0.5) is 5.69 Å². The van der Waals surface area contributed by atoms with Crippen LogP contribution in [-0.2, 0) is 4.79 Å². The number of carbonyl (C=O) groups is 1. The average molecular weight is 347 g/mol. The Morgan fingerprint density at radius 3 is 2.62 bits per heavy atom. The van der Waals surface area contributed by atoms with Crippen molar-refractivity contribution in [3.8, 4) is 5.75 Å². The number of hydrogen-bond acceptors (Lipinski definition) is 4. The Balaban J connectivity index is 1.76. The van der Waals surface area contributed by atoms with Crippen molar-refractivity contribution in [2.75, 3.05) is 5.32 Å². The number of ether oxygens (including phenoxy) is 1. The summed E-state index contributed by atoms with van der Waals surface area (Å²) in [5.74, 6) is -0.336. The number of hydrogen-bond donors (Lipinski definition) is 2. The first kappa shape index (κ1) is 16.1. The van der Waals surface area contributed by atoms with Crippen LogP contribution >= 0.6 is 11.6 Å². The van der Waals surface area contributed by atoms with Gasteiger partial charge in [0.15, 0.2) is 11.2 Å². The molecule has 0 spiro atoms. The number of benzene rings is 2. The number of aromatic amines is 1. The van der Waals surface area contributed by atoms with Gasteiger partial charge >= 0.3 is 5.76 Å². The molecule has 3 aromatic rings. The van der Waals surface area contributed by atoms with Crippen molar-refractivity contribution in [1.82, 2.24) is 4.98 Å². The zero-order valence-electron chi connectivity index (χ0n) is 13.1. The number of aromatic nitrogens is 1. The molecular weight excluding hydrogens is 332 g/mol. The van der Waals surface area contributed by atoms with Crippen molar-refractivity contribution in [3.63, 3.8) is 0 Å². The Bertz CT molecular complexity index is 941. The van der Waals surface area contributed by atoms with E-state index in [-0.39, 0.29) is 5.91 Å². The molecule has 0 bridgehead atoms. The van der Waals surface area contributed by atoms with Crippen molar-refractivity contribution >= 4 is 34.3 Å². The SMILES string of the molecule is CC(C)(Oc1ccc(Cl)cc1)C(=O)Nc1ccc2oc(=O)[nH]c2c1. The van der Waals surface area contributed by atoms with E-state index in [4.69, 9.17) is 20.8 Å². The molecule has 3 rings (SSSR count). The lowest BCUT2D eigenvalue weighted by molar-refractivity contribution is -0.128. The Morgan fingerprint density at radius 2 is 1.92 bits per heavy atom. The third kappa shape index (κ3) is 3.44. The summed E-state index contributed by atoms with van der Waals surface area (Å²) in [6, 6.07) is 11.6. The molecule has 2 aromatic carbocycles. The van der Waals surface area contributed by atoms with Crippen LogP contribution in [-0.4, -0.2) is 16.5 Å². The third-order valence-electron chi connectivity index (χ3n) is 3.41. The molecule has 6 nitrogen and oxygen atoms in total. The Hall–Kier alpha value is -2.73. The van der Waals surface area contributed by atoms with E-state index in [1.165, 1.54) is 0 Å². The van der Waals surface area contributed by atoms with Gasteiger partial charge in [0.25, 0.3) is 5.91 Å². The second-order valence-corrected chi connectivity index (χ2v) is 6.18. The van der Waals surface area contributed by atoms with Gasteiger partial charge in [-0.2, -0.15) is 0 Å². The minimum atomic E-state index is -1.10. The van der Waals surface area contributed by atoms with Crippen molar-refractivity contribution in [2.24, 2.45) is 0 Å². The van der Waals surface area contributed by atoms with Gasteiger partial charge in [-0.1, -0.05) is 11.6 Å². The highest BCUT2D eigenvalue weighted by atomic mass is 35.5. The molecule has 1 aromatic heterocycles. The van der Waals surface area contributed by atoms with Gasteiger partial charge in [-0.15, -0.1) is 0 Å². The summed E-state index contributed by atoms with van der Waals surface area (Å²) in [7, 11) is 0. The number of anilines is 1. The summed E-state index contributed by atoms with van der Waals surface area (Å²) >= 11 is 5.83. The number of fused-ring (bicyclic) bond motifs is 1. The number of nitrogens with one attached hydrogen (secondary N) is 2. The topological polar surface area (TPSA) is 84.3 Å². The molecule has 1 heterocycles. The van der Waals surface area contributed by atoms with Crippen LogP contribution in [0.3, 0.4) is 0 Å². The van der Waals surface area contributed by atoms with Gasteiger partial charge in [0.1, 0.15) is 5.75 Å². The molecule has 2 N–H and O–H groups in total. The zero-order valence-corrected chi connectivity index (χ0v) is 13.8. The minimum Gasteiger partial charge on any atom is -0.478 e. The van der Waals surface area contributed by atoms with E-state index in [0.717, 1.165) is 0 Å². The summed E-state index contributed by atoms with van der Waals surface area (Å²) < 4.78 is 10.7. The van der Waals surface area contributed by atoms with Crippen LogP contribution in [0.5, 0.6) is 5.75 Å². The normalized spacial score (nSPS) is 11.5. The first-order chi connectivity index (χ1) is 11.3. The number of H-pyrrole nitrogens is 1. The van der Waals surface area contributed by atoms with E-state index in [0.29, 0.717) is 27.6 Å². The third-order valence-corrected chi connectivity index (χ3v) is 3.66. The molecule has 24 heavy (non-hydrogen) atoms. The Labute approximate surface area is 142 Å². The van der Waals surface area contributed by atoms with Crippen LogP contribution in [0.1, 0.15) is 13.8 Å². The van der Waals surface area contributed by atoms with Crippen LogP contribution in [0, 0.1) is 0 Å². The monoisotopic (exact) mass is 346 g/mol. The fraction of sp³-hybridized carbons (Fsp3) is 0.176. The number of rotatable bonds is 4. The van der Waals surface area contributed by atoms with Gasteiger partial charge < -0.3 is 14.5 Å². The van der Waals surface area contributed by atoms with Crippen molar-refractivity contribution < 1.29 is 13.9 Å². The number of halogens is 1. The molecule has 0 aliphatic carbocycles. The molecule has 0 radical (unpaired) electrons. The van der Waals surface area contributed by atoms with E-state index < -0.39 is 11.4 Å². The fourth-order valence-corrected chi connectivity index (χ4v) is 2.28. The lowest BCUT2D eigenvalue weighted by Crippen LogP contribution is -2.42. The maximum atomic E-state index is 12.5. The molecule has 0 saturated carbocycles. The van der Waals surface area contributed by atoms with E-state index >= 15 is 0 Å². The molecule has 0 atom stereocenters. The molecule has 0 saturated heterocycles. The summed E-state index contributed by atoms with van der Waals surface area (Å²) in [5, 5.41) is 3.35. The summed E-state index contributed by atoms with van der Waals surface area (Å²) in [6.45, 7) is 3.32. The van der Waals surface area contributed by atoms with Gasteiger partial charge in [0.05, 0.1) is 5.52 Å². The van der Waals surface area contributed by atoms with Gasteiger partial charge in [-0.25, -0.2) is 4.79 Å². The largest absolute Gasteiger partial charge is 0.478 e. The second-order valence-electron chi connectivity index (χ2n) is 5.75. The van der Waals surface area contributed by atoms with E-state index in [1.807, 2.05) is 0 Å². The first-order valence-corrected chi connectivity index (χ1v) is 7.60. The number of amides is 1. The minimum absolute atomic E-state index is 0.331.